The number of likely N-dealkylation sites (tertiary alicyclic amines) is 1. The summed E-state index contributed by atoms with van der Waals surface area (Å²) in [7, 11) is 0. The van der Waals surface area contributed by atoms with Gasteiger partial charge in [0.15, 0.2) is 0 Å². The minimum atomic E-state index is 0.479. The second kappa shape index (κ2) is 6.42. The van der Waals surface area contributed by atoms with Crippen molar-refractivity contribution < 1.29 is 0 Å². The van der Waals surface area contributed by atoms with Crippen molar-refractivity contribution in [3.05, 3.63) is 29.6 Å². The van der Waals surface area contributed by atoms with E-state index in [0.29, 0.717) is 12.0 Å². The highest BCUT2D eigenvalue weighted by atomic mass is 35.5. The van der Waals surface area contributed by atoms with Gasteiger partial charge in [0.25, 0.3) is 0 Å². The molecule has 0 aromatic carbocycles. The summed E-state index contributed by atoms with van der Waals surface area (Å²) in [6.45, 7) is 4.50. The zero-order chi connectivity index (χ0) is 13.9. The Balaban J connectivity index is 1.56. The number of rotatable bonds is 3. The van der Waals surface area contributed by atoms with Crippen LogP contribution in [0.5, 0.6) is 0 Å². The average molecular weight is 294 g/mol. The van der Waals surface area contributed by atoms with Crippen LogP contribution in [-0.4, -0.2) is 35.1 Å². The Morgan fingerprint density at radius 2 is 2.05 bits per heavy atom. The minimum Gasteiger partial charge on any atom is -0.299 e. The summed E-state index contributed by atoms with van der Waals surface area (Å²) in [5.41, 5.74) is 2.68. The minimum absolute atomic E-state index is 0.479. The van der Waals surface area contributed by atoms with Crippen molar-refractivity contribution in [2.24, 2.45) is 0 Å². The topological polar surface area (TPSA) is 28.2 Å². The van der Waals surface area contributed by atoms with Gasteiger partial charge in [-0.2, -0.15) is 0 Å². The molecule has 1 aliphatic carbocycles. The van der Waals surface area contributed by atoms with E-state index in [9.17, 15) is 0 Å². The van der Waals surface area contributed by atoms with Gasteiger partial charge >= 0.3 is 0 Å². The van der Waals surface area contributed by atoms with Crippen LogP contribution < -0.4 is 4.84 Å². The number of nitrogens with zero attached hydrogens (tertiary/aromatic N) is 2. The summed E-state index contributed by atoms with van der Waals surface area (Å²) in [6, 6.07) is 5.46. The normalized spacial score (nSPS) is 31.6. The molecule has 1 saturated heterocycles. The molecule has 1 aromatic heterocycles. The summed E-state index contributed by atoms with van der Waals surface area (Å²) >= 11 is 5.75. The van der Waals surface area contributed by atoms with E-state index in [1.54, 1.807) is 0 Å². The third kappa shape index (κ3) is 3.00. The van der Waals surface area contributed by atoms with Crippen molar-refractivity contribution >= 4 is 11.8 Å². The third-order valence-electron chi connectivity index (χ3n) is 5.02. The highest BCUT2D eigenvalue weighted by Gasteiger charge is 2.31. The molecule has 1 aromatic rings. The number of hydrogen-bond acceptors (Lipinski definition) is 3. The maximum Gasteiger partial charge on any atom is 0.0463 e. The predicted molar refractivity (Wildman–Crippen MR) is 82.9 cm³/mol. The molecule has 0 bridgehead atoms. The molecule has 20 heavy (non-hydrogen) atoms. The van der Waals surface area contributed by atoms with Crippen molar-refractivity contribution in [2.75, 3.05) is 13.1 Å². The zero-order valence-electron chi connectivity index (χ0n) is 12.2. The van der Waals surface area contributed by atoms with E-state index in [1.807, 2.05) is 12.3 Å². The summed E-state index contributed by atoms with van der Waals surface area (Å²) in [5.74, 6) is 0.664. The Labute approximate surface area is 126 Å². The van der Waals surface area contributed by atoms with Crippen molar-refractivity contribution in [1.29, 1.82) is 0 Å². The van der Waals surface area contributed by atoms with E-state index in [-0.39, 0.29) is 0 Å². The first-order chi connectivity index (χ1) is 9.78. The molecule has 110 valence electrons. The zero-order valence-corrected chi connectivity index (χ0v) is 12.9. The number of pyridine rings is 1. The first-order valence-corrected chi connectivity index (χ1v) is 8.17. The molecule has 0 amide bonds. The van der Waals surface area contributed by atoms with Gasteiger partial charge in [-0.05, 0) is 62.4 Å². The van der Waals surface area contributed by atoms with Crippen molar-refractivity contribution in [3.63, 3.8) is 0 Å². The average Bonchev–Trinajstić information content (AvgIpc) is 2.97. The van der Waals surface area contributed by atoms with Crippen molar-refractivity contribution in [2.45, 2.75) is 57.0 Å². The molecule has 0 radical (unpaired) electrons. The van der Waals surface area contributed by atoms with Crippen LogP contribution in [0.15, 0.2) is 18.3 Å². The molecule has 1 N–H and O–H groups in total. The Hall–Kier alpha value is -0.640. The standard InChI is InChI=1S/C16H24ClN3/c1-12-3-2-9-18-16(12)13-4-6-15(7-5-13)20-10-8-14(11-20)19-17/h2-3,9,13-15,19H,4-8,10-11H2,1H3/t13?,14-,15?/m1/s1. The molecular weight excluding hydrogens is 270 g/mol. The first-order valence-electron chi connectivity index (χ1n) is 7.79. The lowest BCUT2D eigenvalue weighted by Crippen LogP contribution is -2.38. The predicted octanol–water partition coefficient (Wildman–Crippen LogP) is 3.23. The molecular formula is C16H24ClN3. The van der Waals surface area contributed by atoms with Gasteiger partial charge < -0.3 is 0 Å². The van der Waals surface area contributed by atoms with Crippen LogP contribution in [0.4, 0.5) is 0 Å². The molecule has 0 unspecified atom stereocenters. The quantitative estimate of drug-likeness (QED) is 0.867. The molecule has 2 heterocycles. The fourth-order valence-corrected chi connectivity index (χ4v) is 4.03. The number of nitrogens with one attached hydrogen (secondary N) is 1. The van der Waals surface area contributed by atoms with Crippen LogP contribution >= 0.6 is 11.8 Å². The Morgan fingerprint density at radius 1 is 1.25 bits per heavy atom. The Morgan fingerprint density at radius 3 is 2.70 bits per heavy atom. The smallest absolute Gasteiger partial charge is 0.0463 e. The SMILES string of the molecule is Cc1cccnc1C1CCC(N2CC[C@@H](NCl)C2)CC1. The summed E-state index contributed by atoms with van der Waals surface area (Å²) in [6.07, 6.45) is 8.27. The van der Waals surface area contributed by atoms with E-state index in [1.165, 1.54) is 49.9 Å². The molecule has 1 aliphatic heterocycles. The van der Waals surface area contributed by atoms with Gasteiger partial charge in [-0.3, -0.25) is 9.88 Å². The number of hydrogen-bond donors (Lipinski definition) is 1. The van der Waals surface area contributed by atoms with Gasteiger partial charge in [0, 0.05) is 43.0 Å². The van der Waals surface area contributed by atoms with Gasteiger partial charge in [0.2, 0.25) is 0 Å². The maximum atomic E-state index is 5.75. The fourth-order valence-electron chi connectivity index (χ4n) is 3.85. The monoisotopic (exact) mass is 293 g/mol. The van der Waals surface area contributed by atoms with E-state index in [4.69, 9.17) is 11.8 Å². The molecule has 0 spiro atoms. The van der Waals surface area contributed by atoms with E-state index < -0.39 is 0 Å². The number of aryl methyl sites for hydroxylation is 1. The lowest BCUT2D eigenvalue weighted by atomic mass is 9.82. The highest BCUT2D eigenvalue weighted by Crippen LogP contribution is 2.35. The van der Waals surface area contributed by atoms with Crippen molar-refractivity contribution in [3.8, 4) is 0 Å². The van der Waals surface area contributed by atoms with E-state index in [0.717, 1.165) is 12.6 Å². The largest absolute Gasteiger partial charge is 0.299 e. The van der Waals surface area contributed by atoms with E-state index in [2.05, 4.69) is 27.7 Å². The Kier molecular flexibility index (Phi) is 4.59. The fraction of sp³-hybridized carbons (Fsp3) is 0.688. The second-order valence-electron chi connectivity index (χ2n) is 6.30. The Bertz CT molecular complexity index is 443. The number of aromatic nitrogens is 1. The molecule has 1 atom stereocenters. The highest BCUT2D eigenvalue weighted by molar-refractivity contribution is 6.13. The molecule has 1 saturated carbocycles. The van der Waals surface area contributed by atoms with Crippen molar-refractivity contribution in [1.82, 2.24) is 14.7 Å². The van der Waals surface area contributed by atoms with Gasteiger partial charge in [-0.1, -0.05) is 6.07 Å². The lowest BCUT2D eigenvalue weighted by Gasteiger charge is -2.34. The second-order valence-corrected chi connectivity index (χ2v) is 6.52. The van der Waals surface area contributed by atoms with Crippen LogP contribution in [0.3, 0.4) is 0 Å². The molecule has 3 rings (SSSR count). The summed E-state index contributed by atoms with van der Waals surface area (Å²) in [5, 5.41) is 0. The third-order valence-corrected chi connectivity index (χ3v) is 5.33. The lowest BCUT2D eigenvalue weighted by molar-refractivity contribution is 0.178. The van der Waals surface area contributed by atoms with Crippen LogP contribution in [0, 0.1) is 6.92 Å². The summed E-state index contributed by atoms with van der Waals surface area (Å²) in [4.78, 5) is 10.1. The molecule has 2 aliphatic rings. The van der Waals surface area contributed by atoms with Crippen LogP contribution in [0.1, 0.15) is 49.3 Å². The molecule has 4 heteroatoms. The van der Waals surface area contributed by atoms with Gasteiger partial charge in [0.1, 0.15) is 0 Å². The van der Waals surface area contributed by atoms with Gasteiger partial charge in [-0.25, -0.2) is 4.84 Å². The molecule has 3 nitrogen and oxygen atoms in total. The van der Waals surface area contributed by atoms with Gasteiger partial charge in [-0.15, -0.1) is 0 Å². The molecule has 2 fully saturated rings. The van der Waals surface area contributed by atoms with Crippen LogP contribution in [0.25, 0.3) is 0 Å². The number of halogens is 1. The van der Waals surface area contributed by atoms with E-state index >= 15 is 0 Å². The van der Waals surface area contributed by atoms with Crippen LogP contribution in [-0.2, 0) is 0 Å². The van der Waals surface area contributed by atoms with Crippen LogP contribution in [0.2, 0.25) is 0 Å². The summed E-state index contributed by atoms with van der Waals surface area (Å²) < 4.78 is 0. The van der Waals surface area contributed by atoms with Gasteiger partial charge in [0.05, 0.1) is 0 Å². The first kappa shape index (κ1) is 14.3. The maximum absolute atomic E-state index is 5.75.